The maximum absolute atomic E-state index is 3.77. The molecule has 0 aromatic heterocycles. The van der Waals surface area contributed by atoms with Gasteiger partial charge in [-0.2, -0.15) is 0 Å². The Labute approximate surface area is 159 Å². The molecule has 0 nitrogen and oxygen atoms in total. The minimum atomic E-state index is 0.414. The standard InChI is InChI=1S/C26H30/c1-4-6-9-12-21(3)24-20-23(22-13-10-8-11-14-22)15-16-25(24)26(18-19-26)17-7-5-2/h4,6,8-16,20H,1,5,7,17-19H2,2-3H3/b9-6-,21-12+. The molecule has 0 saturated heterocycles. The van der Waals surface area contributed by atoms with Crippen LogP contribution in [0.5, 0.6) is 0 Å². The van der Waals surface area contributed by atoms with Crippen LogP contribution in [0, 0.1) is 0 Å². The van der Waals surface area contributed by atoms with E-state index in [2.05, 4.69) is 81.1 Å². The van der Waals surface area contributed by atoms with Crippen molar-refractivity contribution in [2.75, 3.05) is 0 Å². The normalized spacial score (nSPS) is 16.0. The van der Waals surface area contributed by atoms with Crippen LogP contribution in [-0.4, -0.2) is 0 Å². The summed E-state index contributed by atoms with van der Waals surface area (Å²) in [5.74, 6) is 0. The fourth-order valence-electron chi connectivity index (χ4n) is 3.83. The van der Waals surface area contributed by atoms with E-state index in [1.807, 2.05) is 12.2 Å². The largest absolute Gasteiger partial charge is 0.0991 e. The first-order chi connectivity index (χ1) is 12.7. The van der Waals surface area contributed by atoms with Crippen LogP contribution < -0.4 is 0 Å². The van der Waals surface area contributed by atoms with Gasteiger partial charge in [-0.3, -0.25) is 0 Å². The summed E-state index contributed by atoms with van der Waals surface area (Å²) in [6, 6.07) is 17.8. The maximum atomic E-state index is 3.77. The van der Waals surface area contributed by atoms with Crippen molar-refractivity contribution >= 4 is 5.57 Å². The number of allylic oxidation sites excluding steroid dienone is 5. The molecule has 1 aliphatic carbocycles. The SMILES string of the molecule is C=C/C=C\C=C(/C)c1cc(-c2ccccc2)ccc1C1(CCCC)CC1. The third kappa shape index (κ3) is 4.07. The molecule has 2 aromatic carbocycles. The van der Waals surface area contributed by atoms with E-state index in [4.69, 9.17) is 0 Å². The van der Waals surface area contributed by atoms with Crippen LogP contribution in [0.2, 0.25) is 0 Å². The zero-order valence-electron chi connectivity index (χ0n) is 16.2. The van der Waals surface area contributed by atoms with E-state index < -0.39 is 0 Å². The Morgan fingerprint density at radius 3 is 2.46 bits per heavy atom. The molecule has 0 unspecified atom stereocenters. The quantitative estimate of drug-likeness (QED) is 0.431. The molecule has 1 aliphatic rings. The number of rotatable bonds is 8. The van der Waals surface area contributed by atoms with Gasteiger partial charge < -0.3 is 0 Å². The molecule has 0 aliphatic heterocycles. The average Bonchev–Trinajstić information content (AvgIpc) is 3.48. The summed E-state index contributed by atoms with van der Waals surface area (Å²) in [6.45, 7) is 8.29. The molecular formula is C26H30. The zero-order valence-corrected chi connectivity index (χ0v) is 16.2. The summed E-state index contributed by atoms with van der Waals surface area (Å²) in [7, 11) is 0. The van der Waals surface area contributed by atoms with Gasteiger partial charge in [0.25, 0.3) is 0 Å². The molecule has 1 saturated carbocycles. The topological polar surface area (TPSA) is 0 Å². The highest BCUT2D eigenvalue weighted by molar-refractivity contribution is 5.76. The lowest BCUT2D eigenvalue weighted by Gasteiger charge is -2.21. The smallest absolute Gasteiger partial charge is 0.00403 e. The van der Waals surface area contributed by atoms with Gasteiger partial charge in [0.1, 0.15) is 0 Å². The van der Waals surface area contributed by atoms with Crippen LogP contribution in [0.15, 0.2) is 79.4 Å². The second-order valence-corrected chi connectivity index (χ2v) is 7.48. The molecule has 0 bridgehead atoms. The first kappa shape index (κ1) is 18.5. The summed E-state index contributed by atoms with van der Waals surface area (Å²) in [6.07, 6.45) is 14.7. The van der Waals surface area contributed by atoms with Crippen molar-refractivity contribution in [2.24, 2.45) is 0 Å². The summed E-state index contributed by atoms with van der Waals surface area (Å²) in [4.78, 5) is 0. The van der Waals surface area contributed by atoms with E-state index in [1.54, 1.807) is 5.56 Å². The first-order valence-electron chi connectivity index (χ1n) is 9.86. The van der Waals surface area contributed by atoms with E-state index in [-0.39, 0.29) is 0 Å². The van der Waals surface area contributed by atoms with Gasteiger partial charge >= 0.3 is 0 Å². The van der Waals surface area contributed by atoms with Gasteiger partial charge in [-0.1, -0.05) is 93.1 Å². The molecule has 0 heterocycles. The van der Waals surface area contributed by atoms with Crippen molar-refractivity contribution in [3.05, 3.63) is 90.5 Å². The Balaban J connectivity index is 2.05. The fraction of sp³-hybridized carbons (Fsp3) is 0.308. The van der Waals surface area contributed by atoms with Gasteiger partial charge in [0.05, 0.1) is 0 Å². The van der Waals surface area contributed by atoms with Crippen molar-refractivity contribution < 1.29 is 0 Å². The van der Waals surface area contributed by atoms with Gasteiger partial charge in [-0.25, -0.2) is 0 Å². The number of hydrogen-bond acceptors (Lipinski definition) is 0. The molecule has 0 heteroatoms. The van der Waals surface area contributed by atoms with Crippen molar-refractivity contribution in [1.82, 2.24) is 0 Å². The van der Waals surface area contributed by atoms with E-state index in [0.717, 1.165) is 0 Å². The Bertz CT molecular complexity index is 801. The molecule has 0 N–H and O–H groups in total. The molecule has 0 atom stereocenters. The molecule has 0 radical (unpaired) electrons. The lowest BCUT2D eigenvalue weighted by molar-refractivity contribution is 0.574. The van der Waals surface area contributed by atoms with Crippen LogP contribution in [0.25, 0.3) is 16.7 Å². The van der Waals surface area contributed by atoms with Crippen molar-refractivity contribution in [3.8, 4) is 11.1 Å². The second kappa shape index (κ2) is 8.36. The average molecular weight is 343 g/mol. The van der Waals surface area contributed by atoms with Crippen LogP contribution in [0.1, 0.15) is 57.1 Å². The molecule has 2 aromatic rings. The van der Waals surface area contributed by atoms with E-state index in [0.29, 0.717) is 5.41 Å². The van der Waals surface area contributed by atoms with E-state index in [9.17, 15) is 0 Å². The molecule has 3 rings (SSSR count). The van der Waals surface area contributed by atoms with Crippen LogP contribution in [0.3, 0.4) is 0 Å². The van der Waals surface area contributed by atoms with Crippen LogP contribution in [0.4, 0.5) is 0 Å². The number of hydrogen-bond donors (Lipinski definition) is 0. The lowest BCUT2D eigenvalue weighted by Crippen LogP contribution is -2.09. The molecule has 1 fully saturated rings. The minimum absolute atomic E-state index is 0.414. The van der Waals surface area contributed by atoms with Gasteiger partial charge in [0.15, 0.2) is 0 Å². The summed E-state index contributed by atoms with van der Waals surface area (Å²) in [5.41, 5.74) is 7.29. The first-order valence-corrected chi connectivity index (χ1v) is 9.86. The number of benzene rings is 2. The highest BCUT2D eigenvalue weighted by Crippen LogP contribution is 2.54. The fourth-order valence-corrected chi connectivity index (χ4v) is 3.83. The van der Waals surface area contributed by atoms with Crippen molar-refractivity contribution in [1.29, 1.82) is 0 Å². The van der Waals surface area contributed by atoms with E-state index in [1.165, 1.54) is 54.4 Å². The molecule has 134 valence electrons. The Morgan fingerprint density at radius 2 is 1.81 bits per heavy atom. The zero-order chi connectivity index (χ0) is 18.4. The van der Waals surface area contributed by atoms with Crippen molar-refractivity contribution in [2.45, 2.75) is 51.4 Å². The molecular weight excluding hydrogens is 312 g/mol. The lowest BCUT2D eigenvalue weighted by atomic mass is 9.83. The third-order valence-electron chi connectivity index (χ3n) is 5.58. The highest BCUT2D eigenvalue weighted by atomic mass is 14.5. The maximum Gasteiger partial charge on any atom is -0.00403 e. The molecule has 0 spiro atoms. The predicted octanol–water partition coefficient (Wildman–Crippen LogP) is 7.72. The Hall–Kier alpha value is -2.34. The summed E-state index contributed by atoms with van der Waals surface area (Å²) in [5, 5.41) is 0. The minimum Gasteiger partial charge on any atom is -0.0991 e. The monoisotopic (exact) mass is 342 g/mol. The number of unbranched alkanes of at least 4 members (excludes halogenated alkanes) is 1. The Morgan fingerprint density at radius 1 is 1.04 bits per heavy atom. The van der Waals surface area contributed by atoms with Gasteiger partial charge in [0.2, 0.25) is 0 Å². The van der Waals surface area contributed by atoms with Crippen molar-refractivity contribution in [3.63, 3.8) is 0 Å². The molecule has 0 amide bonds. The predicted molar refractivity (Wildman–Crippen MR) is 115 cm³/mol. The van der Waals surface area contributed by atoms with Gasteiger partial charge in [0, 0.05) is 0 Å². The highest BCUT2D eigenvalue weighted by Gasteiger charge is 2.44. The van der Waals surface area contributed by atoms with Gasteiger partial charge in [-0.05, 0) is 65.5 Å². The Kier molecular flexibility index (Phi) is 5.93. The van der Waals surface area contributed by atoms with E-state index >= 15 is 0 Å². The summed E-state index contributed by atoms with van der Waals surface area (Å²) >= 11 is 0. The third-order valence-corrected chi connectivity index (χ3v) is 5.58. The summed E-state index contributed by atoms with van der Waals surface area (Å²) < 4.78 is 0. The second-order valence-electron chi connectivity index (χ2n) is 7.48. The van der Waals surface area contributed by atoms with Crippen LogP contribution in [-0.2, 0) is 5.41 Å². The molecule has 26 heavy (non-hydrogen) atoms. The van der Waals surface area contributed by atoms with Crippen LogP contribution >= 0.6 is 0 Å². The van der Waals surface area contributed by atoms with Gasteiger partial charge in [-0.15, -0.1) is 0 Å².